The van der Waals surface area contributed by atoms with Crippen LogP contribution in [0, 0.1) is 5.82 Å². The van der Waals surface area contributed by atoms with E-state index in [2.05, 4.69) is 0 Å². The topological polar surface area (TPSA) is 20.2 Å². The summed E-state index contributed by atoms with van der Waals surface area (Å²) in [6, 6.07) is 3.82. The molecule has 2 rings (SSSR count). The molecule has 7 heteroatoms. The van der Waals surface area contributed by atoms with Crippen molar-refractivity contribution in [3.05, 3.63) is 56.5 Å². The number of thiophene rings is 1. The third-order valence-corrected chi connectivity index (χ3v) is 3.80. The Bertz CT molecular complexity index is 594. The van der Waals surface area contributed by atoms with Gasteiger partial charge in [0.1, 0.15) is 11.9 Å². The summed E-state index contributed by atoms with van der Waals surface area (Å²) < 4.78 is 50.5. The molecule has 1 atom stereocenters. The van der Waals surface area contributed by atoms with E-state index < -0.39 is 23.7 Å². The van der Waals surface area contributed by atoms with Gasteiger partial charge in [-0.15, -0.1) is 11.3 Å². The van der Waals surface area contributed by atoms with Crippen LogP contribution in [0.3, 0.4) is 0 Å². The van der Waals surface area contributed by atoms with Gasteiger partial charge in [0.2, 0.25) is 0 Å². The van der Waals surface area contributed by atoms with Crippen LogP contribution in [0.1, 0.15) is 22.1 Å². The predicted octanol–water partition coefficient (Wildman–Crippen LogP) is 4.64. The second-order valence-corrected chi connectivity index (χ2v) is 5.19. The van der Waals surface area contributed by atoms with Gasteiger partial charge in [-0.2, -0.15) is 13.2 Å². The van der Waals surface area contributed by atoms with E-state index in [0.29, 0.717) is 22.0 Å². The maximum atomic E-state index is 13.4. The molecule has 0 aliphatic heterocycles. The van der Waals surface area contributed by atoms with Crippen molar-refractivity contribution < 1.29 is 22.7 Å². The van der Waals surface area contributed by atoms with Crippen LogP contribution in [0.2, 0.25) is 5.02 Å². The summed E-state index contributed by atoms with van der Waals surface area (Å²) in [6.45, 7) is 0. The lowest BCUT2D eigenvalue weighted by atomic mass is 10.0. The zero-order valence-electron chi connectivity index (χ0n) is 9.21. The molecule has 0 amide bonds. The first kappa shape index (κ1) is 14.3. The summed E-state index contributed by atoms with van der Waals surface area (Å²) >= 11 is 6.83. The second-order valence-electron chi connectivity index (χ2n) is 3.81. The van der Waals surface area contributed by atoms with Gasteiger partial charge in [-0.05, 0) is 23.8 Å². The van der Waals surface area contributed by atoms with Gasteiger partial charge in [0.05, 0.1) is 10.6 Å². The van der Waals surface area contributed by atoms with Gasteiger partial charge in [-0.25, -0.2) is 4.39 Å². The molecular formula is C12H7ClF4OS. The van der Waals surface area contributed by atoms with Crippen molar-refractivity contribution in [3.63, 3.8) is 0 Å². The Morgan fingerprint density at radius 3 is 2.37 bits per heavy atom. The molecule has 1 aromatic heterocycles. The van der Waals surface area contributed by atoms with Crippen molar-refractivity contribution in [1.29, 1.82) is 0 Å². The van der Waals surface area contributed by atoms with Crippen molar-refractivity contribution in [2.45, 2.75) is 12.3 Å². The fourth-order valence-electron chi connectivity index (χ4n) is 1.57. The molecule has 0 aliphatic rings. The van der Waals surface area contributed by atoms with Crippen LogP contribution in [-0.2, 0) is 6.18 Å². The van der Waals surface area contributed by atoms with Crippen LogP contribution >= 0.6 is 22.9 Å². The minimum absolute atomic E-state index is 0.0454. The highest BCUT2D eigenvalue weighted by molar-refractivity contribution is 7.10. The summed E-state index contributed by atoms with van der Waals surface area (Å²) in [5.74, 6) is -1.41. The van der Waals surface area contributed by atoms with Crippen molar-refractivity contribution in [2.24, 2.45) is 0 Å². The minimum atomic E-state index is -4.75. The Balaban J connectivity index is 2.35. The molecule has 0 spiro atoms. The molecule has 0 bridgehead atoms. The van der Waals surface area contributed by atoms with Gasteiger partial charge in [-0.3, -0.25) is 0 Å². The number of rotatable bonds is 2. The van der Waals surface area contributed by atoms with Crippen LogP contribution in [0.4, 0.5) is 17.6 Å². The monoisotopic (exact) mass is 310 g/mol. The van der Waals surface area contributed by atoms with E-state index in [0.717, 1.165) is 17.4 Å². The van der Waals surface area contributed by atoms with Crippen LogP contribution in [0.15, 0.2) is 29.6 Å². The third kappa shape index (κ3) is 3.08. The lowest BCUT2D eigenvalue weighted by Crippen LogP contribution is -2.09. The summed E-state index contributed by atoms with van der Waals surface area (Å²) in [5, 5.41) is 11.9. The molecular weight excluding hydrogens is 304 g/mol. The van der Waals surface area contributed by atoms with Crippen molar-refractivity contribution in [1.82, 2.24) is 0 Å². The molecule has 1 unspecified atom stereocenters. The summed E-state index contributed by atoms with van der Waals surface area (Å²) in [4.78, 5) is 0.434. The van der Waals surface area contributed by atoms with Crippen molar-refractivity contribution in [3.8, 4) is 0 Å². The number of aliphatic hydroxyl groups excluding tert-OH is 1. The first-order chi connectivity index (χ1) is 8.79. The van der Waals surface area contributed by atoms with E-state index in [9.17, 15) is 22.7 Å². The Kier molecular flexibility index (Phi) is 3.85. The van der Waals surface area contributed by atoms with Crippen LogP contribution < -0.4 is 0 Å². The third-order valence-electron chi connectivity index (χ3n) is 2.47. The molecule has 2 aromatic rings. The van der Waals surface area contributed by atoms with Gasteiger partial charge in [0.25, 0.3) is 0 Å². The fourth-order valence-corrected chi connectivity index (χ4v) is 2.66. The molecule has 0 saturated carbocycles. The average molecular weight is 311 g/mol. The smallest absolute Gasteiger partial charge is 0.383 e. The molecule has 0 aliphatic carbocycles. The van der Waals surface area contributed by atoms with E-state index in [4.69, 9.17) is 11.6 Å². The number of alkyl halides is 3. The van der Waals surface area contributed by atoms with Gasteiger partial charge in [0.15, 0.2) is 0 Å². The van der Waals surface area contributed by atoms with Gasteiger partial charge in [-0.1, -0.05) is 17.7 Å². The second kappa shape index (κ2) is 5.11. The number of aliphatic hydroxyl groups is 1. The van der Waals surface area contributed by atoms with E-state index in [-0.39, 0.29) is 5.56 Å². The van der Waals surface area contributed by atoms with E-state index in [1.54, 1.807) is 5.38 Å². The standard InChI is InChI=1S/C12H7ClF4OS/c13-7-4-10(19-5-7)11(18)6-1-2-8(9(14)3-6)12(15,16)17/h1-5,11,18H. The minimum Gasteiger partial charge on any atom is -0.383 e. The molecule has 0 saturated heterocycles. The molecule has 19 heavy (non-hydrogen) atoms. The molecule has 102 valence electrons. The molecule has 0 fully saturated rings. The normalized spacial score (nSPS) is 13.6. The fraction of sp³-hybridized carbons (Fsp3) is 0.167. The summed E-state index contributed by atoms with van der Waals surface area (Å²) in [7, 11) is 0. The van der Waals surface area contributed by atoms with Gasteiger partial charge < -0.3 is 5.11 Å². The molecule has 1 nitrogen and oxygen atoms in total. The van der Waals surface area contributed by atoms with E-state index in [1.165, 1.54) is 6.07 Å². The molecule has 1 heterocycles. The lowest BCUT2D eigenvalue weighted by molar-refractivity contribution is -0.140. The predicted molar refractivity (Wildman–Crippen MR) is 64.8 cm³/mol. The Hall–Kier alpha value is -1.11. The number of hydrogen-bond donors (Lipinski definition) is 1. The Labute approximate surface area is 115 Å². The van der Waals surface area contributed by atoms with E-state index in [1.807, 2.05) is 0 Å². The summed E-state index contributed by atoms with van der Waals surface area (Å²) in [5.41, 5.74) is -1.31. The first-order valence-corrected chi connectivity index (χ1v) is 6.33. The SMILES string of the molecule is OC(c1ccc(C(F)(F)F)c(F)c1)c1cc(Cl)cs1. The highest BCUT2D eigenvalue weighted by Crippen LogP contribution is 2.34. The van der Waals surface area contributed by atoms with Crippen LogP contribution in [-0.4, -0.2) is 5.11 Å². The Morgan fingerprint density at radius 2 is 1.89 bits per heavy atom. The zero-order chi connectivity index (χ0) is 14.2. The van der Waals surface area contributed by atoms with Crippen LogP contribution in [0.25, 0.3) is 0 Å². The van der Waals surface area contributed by atoms with Gasteiger partial charge in [0, 0.05) is 10.3 Å². The molecule has 0 radical (unpaired) electrons. The lowest BCUT2D eigenvalue weighted by Gasteiger charge is -2.12. The molecule has 1 aromatic carbocycles. The van der Waals surface area contributed by atoms with Gasteiger partial charge >= 0.3 is 6.18 Å². The van der Waals surface area contributed by atoms with Crippen LogP contribution in [0.5, 0.6) is 0 Å². The number of halogens is 5. The molecule has 1 N–H and O–H groups in total. The maximum absolute atomic E-state index is 13.4. The Morgan fingerprint density at radius 1 is 1.21 bits per heavy atom. The summed E-state index contributed by atoms with van der Waals surface area (Å²) in [6.07, 6.45) is -5.95. The van der Waals surface area contributed by atoms with Crippen molar-refractivity contribution in [2.75, 3.05) is 0 Å². The maximum Gasteiger partial charge on any atom is 0.419 e. The average Bonchev–Trinajstić information content (AvgIpc) is 2.73. The highest BCUT2D eigenvalue weighted by atomic mass is 35.5. The zero-order valence-corrected chi connectivity index (χ0v) is 10.8. The van der Waals surface area contributed by atoms with Crippen molar-refractivity contribution >= 4 is 22.9 Å². The largest absolute Gasteiger partial charge is 0.419 e. The van der Waals surface area contributed by atoms with E-state index >= 15 is 0 Å². The number of benzene rings is 1. The number of hydrogen-bond acceptors (Lipinski definition) is 2. The highest BCUT2D eigenvalue weighted by Gasteiger charge is 2.34. The quantitative estimate of drug-likeness (QED) is 0.801. The first-order valence-electron chi connectivity index (χ1n) is 5.07.